The van der Waals surface area contributed by atoms with Crippen molar-refractivity contribution in [3.05, 3.63) is 67.4 Å². The number of aromatic nitrogens is 1. The van der Waals surface area contributed by atoms with Gasteiger partial charge in [-0.1, -0.05) is 46.3 Å². The van der Waals surface area contributed by atoms with Gasteiger partial charge in [-0.15, -0.1) is 11.3 Å². The summed E-state index contributed by atoms with van der Waals surface area (Å²) in [6.07, 6.45) is 4.08. The molecule has 0 aliphatic rings. The van der Waals surface area contributed by atoms with Crippen molar-refractivity contribution in [2.75, 3.05) is 7.11 Å². The smallest absolute Gasteiger partial charge is 0.118 e. The molecule has 0 saturated heterocycles. The van der Waals surface area contributed by atoms with Crippen molar-refractivity contribution in [3.8, 4) is 17.0 Å². The van der Waals surface area contributed by atoms with Gasteiger partial charge >= 0.3 is 0 Å². The van der Waals surface area contributed by atoms with Crippen molar-refractivity contribution in [3.63, 3.8) is 0 Å². The molecule has 3 aromatic rings. The van der Waals surface area contributed by atoms with Gasteiger partial charge in [0.25, 0.3) is 0 Å². The summed E-state index contributed by atoms with van der Waals surface area (Å²) in [4.78, 5) is 4.70. The molecule has 2 nitrogen and oxygen atoms in total. The molecule has 0 unspecified atom stereocenters. The third-order valence-electron chi connectivity index (χ3n) is 3.25. The summed E-state index contributed by atoms with van der Waals surface area (Å²) in [5.74, 6) is 0.858. The molecule has 23 heavy (non-hydrogen) atoms. The van der Waals surface area contributed by atoms with Crippen molar-refractivity contribution < 1.29 is 4.74 Å². The molecule has 0 saturated carbocycles. The Labute approximate surface area is 156 Å². The van der Waals surface area contributed by atoms with Crippen LogP contribution < -0.4 is 4.74 Å². The quantitative estimate of drug-likeness (QED) is 0.451. The van der Waals surface area contributed by atoms with Gasteiger partial charge in [0.05, 0.1) is 16.6 Å². The SMILES string of the molecule is COc1ccc(C=Cc2nc(-c3ccc(Br)cc3)c(Br)s2)cc1. The largest absolute Gasteiger partial charge is 0.497 e. The van der Waals surface area contributed by atoms with Gasteiger partial charge in [0.2, 0.25) is 0 Å². The first-order valence-corrected chi connectivity index (χ1v) is 9.30. The molecule has 1 heterocycles. The second-order valence-corrected chi connectivity index (χ2v) is 8.05. The minimum Gasteiger partial charge on any atom is -0.497 e. The van der Waals surface area contributed by atoms with Crippen LogP contribution in [0.15, 0.2) is 56.8 Å². The number of halogens is 2. The highest BCUT2D eigenvalue weighted by Crippen LogP contribution is 2.34. The zero-order chi connectivity index (χ0) is 16.2. The van der Waals surface area contributed by atoms with Crippen LogP contribution in [0.25, 0.3) is 23.4 Å². The first-order valence-electron chi connectivity index (χ1n) is 6.90. The average molecular weight is 451 g/mol. The average Bonchev–Trinajstić information content (AvgIpc) is 2.95. The Morgan fingerprint density at radius 1 is 0.957 bits per heavy atom. The summed E-state index contributed by atoms with van der Waals surface area (Å²) in [5.41, 5.74) is 3.18. The molecule has 0 bridgehead atoms. The molecular weight excluding hydrogens is 438 g/mol. The topological polar surface area (TPSA) is 22.1 Å². The Hall–Kier alpha value is -1.43. The Balaban J connectivity index is 1.82. The van der Waals surface area contributed by atoms with E-state index in [-0.39, 0.29) is 0 Å². The van der Waals surface area contributed by atoms with Crippen LogP contribution in [0.2, 0.25) is 0 Å². The van der Waals surface area contributed by atoms with Gasteiger partial charge in [-0.3, -0.25) is 0 Å². The number of ether oxygens (including phenoxy) is 1. The molecule has 0 fully saturated rings. The lowest BCUT2D eigenvalue weighted by atomic mass is 10.2. The number of rotatable bonds is 4. The molecule has 116 valence electrons. The maximum atomic E-state index is 5.16. The Kier molecular flexibility index (Phi) is 5.30. The van der Waals surface area contributed by atoms with E-state index in [1.54, 1.807) is 18.4 Å². The lowest BCUT2D eigenvalue weighted by molar-refractivity contribution is 0.415. The Morgan fingerprint density at radius 3 is 2.30 bits per heavy atom. The van der Waals surface area contributed by atoms with E-state index in [1.807, 2.05) is 42.5 Å². The number of hydrogen-bond acceptors (Lipinski definition) is 3. The minimum absolute atomic E-state index is 0.858. The summed E-state index contributed by atoms with van der Waals surface area (Å²) in [7, 11) is 1.67. The van der Waals surface area contributed by atoms with Crippen LogP contribution in [0, 0.1) is 0 Å². The van der Waals surface area contributed by atoms with E-state index in [0.717, 1.165) is 35.8 Å². The summed E-state index contributed by atoms with van der Waals surface area (Å²) in [6, 6.07) is 16.1. The third kappa shape index (κ3) is 4.10. The fraction of sp³-hybridized carbons (Fsp3) is 0.0556. The molecule has 0 aliphatic heterocycles. The van der Waals surface area contributed by atoms with Crippen molar-refractivity contribution in [2.24, 2.45) is 0 Å². The monoisotopic (exact) mass is 449 g/mol. The molecule has 1 aromatic heterocycles. The fourth-order valence-electron chi connectivity index (χ4n) is 2.06. The second-order valence-electron chi connectivity index (χ2n) is 4.79. The lowest BCUT2D eigenvalue weighted by Crippen LogP contribution is -1.81. The third-order valence-corrected chi connectivity index (χ3v) is 5.45. The summed E-state index contributed by atoms with van der Waals surface area (Å²) in [6.45, 7) is 0. The van der Waals surface area contributed by atoms with Crippen LogP contribution in [0.4, 0.5) is 0 Å². The maximum Gasteiger partial charge on any atom is 0.118 e. The highest BCUT2D eigenvalue weighted by molar-refractivity contribution is 9.11. The van der Waals surface area contributed by atoms with E-state index < -0.39 is 0 Å². The van der Waals surface area contributed by atoms with Gasteiger partial charge < -0.3 is 4.74 Å². The first-order chi connectivity index (χ1) is 11.2. The predicted octanol–water partition coefficient (Wildman–Crippen LogP) is 6.51. The molecule has 0 aliphatic carbocycles. The summed E-state index contributed by atoms with van der Waals surface area (Å²) in [5, 5.41) is 0.964. The number of benzene rings is 2. The molecular formula is C18H13Br2NOS. The summed E-state index contributed by atoms with van der Waals surface area (Å²) < 4.78 is 7.26. The highest BCUT2D eigenvalue weighted by atomic mass is 79.9. The van der Waals surface area contributed by atoms with E-state index in [2.05, 4.69) is 50.1 Å². The number of nitrogens with zero attached hydrogens (tertiary/aromatic N) is 1. The van der Waals surface area contributed by atoms with Gasteiger partial charge in [-0.2, -0.15) is 0 Å². The van der Waals surface area contributed by atoms with E-state index in [1.165, 1.54) is 0 Å². The van der Waals surface area contributed by atoms with Crippen LogP contribution in [0.3, 0.4) is 0 Å². The van der Waals surface area contributed by atoms with Crippen LogP contribution in [0.5, 0.6) is 5.75 Å². The lowest BCUT2D eigenvalue weighted by Gasteiger charge is -1.98. The van der Waals surface area contributed by atoms with Crippen molar-refractivity contribution in [1.82, 2.24) is 4.98 Å². The molecule has 0 N–H and O–H groups in total. The molecule has 3 rings (SSSR count). The minimum atomic E-state index is 0.858. The number of methoxy groups -OCH3 is 1. The molecule has 0 radical (unpaired) electrons. The Bertz CT molecular complexity index is 823. The summed E-state index contributed by atoms with van der Waals surface area (Å²) >= 11 is 8.69. The van der Waals surface area contributed by atoms with E-state index in [9.17, 15) is 0 Å². The van der Waals surface area contributed by atoms with Crippen molar-refractivity contribution in [1.29, 1.82) is 0 Å². The normalized spacial score (nSPS) is 11.1. The van der Waals surface area contributed by atoms with Gasteiger partial charge in [-0.05, 0) is 51.8 Å². The van der Waals surface area contributed by atoms with Crippen LogP contribution in [-0.4, -0.2) is 12.1 Å². The number of hydrogen-bond donors (Lipinski definition) is 0. The van der Waals surface area contributed by atoms with Gasteiger partial charge in [0.1, 0.15) is 10.8 Å². The first kappa shape index (κ1) is 16.4. The Morgan fingerprint density at radius 2 is 1.65 bits per heavy atom. The zero-order valence-electron chi connectivity index (χ0n) is 12.3. The maximum absolute atomic E-state index is 5.16. The van der Waals surface area contributed by atoms with Gasteiger partial charge in [0, 0.05) is 10.0 Å². The second kappa shape index (κ2) is 7.43. The molecule has 0 atom stereocenters. The van der Waals surface area contributed by atoms with E-state index in [0.29, 0.717) is 0 Å². The van der Waals surface area contributed by atoms with E-state index in [4.69, 9.17) is 9.72 Å². The molecule has 0 amide bonds. The number of thiazole rings is 1. The van der Waals surface area contributed by atoms with Crippen LogP contribution in [0.1, 0.15) is 10.6 Å². The van der Waals surface area contributed by atoms with Crippen LogP contribution >= 0.6 is 43.2 Å². The van der Waals surface area contributed by atoms with Gasteiger partial charge in [-0.25, -0.2) is 4.98 Å². The van der Waals surface area contributed by atoms with Crippen molar-refractivity contribution >= 4 is 55.3 Å². The fourth-order valence-corrected chi connectivity index (χ4v) is 3.85. The molecule has 2 aromatic carbocycles. The predicted molar refractivity (Wildman–Crippen MR) is 105 cm³/mol. The molecule has 0 spiro atoms. The van der Waals surface area contributed by atoms with E-state index >= 15 is 0 Å². The molecule has 5 heteroatoms. The van der Waals surface area contributed by atoms with Crippen LogP contribution in [-0.2, 0) is 0 Å². The standard InChI is InChI=1S/C18H13Br2NOS/c1-22-15-9-2-12(3-10-15)4-11-16-21-17(18(20)23-16)13-5-7-14(19)8-6-13/h2-11H,1H3. The zero-order valence-corrected chi connectivity index (χ0v) is 16.3. The van der Waals surface area contributed by atoms with Gasteiger partial charge in [0.15, 0.2) is 0 Å². The highest BCUT2D eigenvalue weighted by Gasteiger charge is 2.09. The van der Waals surface area contributed by atoms with Crippen molar-refractivity contribution in [2.45, 2.75) is 0 Å².